The van der Waals surface area contributed by atoms with Crippen LogP contribution >= 0.6 is 0 Å². The van der Waals surface area contributed by atoms with E-state index in [4.69, 9.17) is 0 Å². The van der Waals surface area contributed by atoms with E-state index < -0.39 is 0 Å². The highest BCUT2D eigenvalue weighted by Crippen LogP contribution is 2.19. The molecule has 0 amide bonds. The first-order valence-corrected chi connectivity index (χ1v) is 6.24. The predicted octanol–water partition coefficient (Wildman–Crippen LogP) is 1.70. The Morgan fingerprint density at radius 2 is 2.00 bits per heavy atom. The Kier molecular flexibility index (Phi) is 3.52. The minimum atomic E-state index is 0.0854. The largest absolute Gasteiger partial charge is 0.380 e. The zero-order valence-corrected chi connectivity index (χ0v) is 11.0. The van der Waals surface area contributed by atoms with Crippen LogP contribution in [0, 0.1) is 0 Å². The van der Waals surface area contributed by atoms with Gasteiger partial charge in [-0.05, 0) is 26.8 Å². The van der Waals surface area contributed by atoms with Gasteiger partial charge in [0.1, 0.15) is 5.82 Å². The maximum absolute atomic E-state index is 4.45. The molecule has 0 saturated carbocycles. The number of pyridine rings is 1. The predicted molar refractivity (Wildman–Crippen MR) is 72.7 cm³/mol. The maximum atomic E-state index is 4.45. The van der Waals surface area contributed by atoms with Gasteiger partial charge in [-0.3, -0.25) is 0 Å². The van der Waals surface area contributed by atoms with E-state index in [1.54, 1.807) is 0 Å². The van der Waals surface area contributed by atoms with Crippen LogP contribution in [0.1, 0.15) is 20.8 Å². The summed E-state index contributed by atoms with van der Waals surface area (Å²) >= 11 is 0. The fraction of sp³-hybridized carbons (Fsp3) is 0.615. The number of anilines is 2. The van der Waals surface area contributed by atoms with Crippen molar-refractivity contribution in [3.05, 3.63) is 18.3 Å². The molecule has 1 aromatic rings. The molecular weight excluding hydrogens is 212 g/mol. The second-order valence-corrected chi connectivity index (χ2v) is 5.51. The molecule has 0 unspecified atom stereocenters. The Bertz CT molecular complexity index is 364. The van der Waals surface area contributed by atoms with Crippen molar-refractivity contribution in [2.45, 2.75) is 26.3 Å². The Morgan fingerprint density at radius 3 is 2.65 bits per heavy atom. The molecule has 0 spiro atoms. The van der Waals surface area contributed by atoms with Crippen molar-refractivity contribution in [3.63, 3.8) is 0 Å². The SMILES string of the molecule is CC(C)(C)Nc1ccnc(N2CCNCC2)c1. The summed E-state index contributed by atoms with van der Waals surface area (Å²) in [5, 5.41) is 6.83. The molecule has 4 nitrogen and oxygen atoms in total. The van der Waals surface area contributed by atoms with Gasteiger partial charge < -0.3 is 15.5 Å². The van der Waals surface area contributed by atoms with E-state index in [2.05, 4.69) is 47.4 Å². The molecule has 4 heteroatoms. The van der Waals surface area contributed by atoms with Gasteiger partial charge in [0.15, 0.2) is 0 Å². The molecule has 17 heavy (non-hydrogen) atoms. The first-order chi connectivity index (χ1) is 8.04. The molecule has 0 bridgehead atoms. The van der Waals surface area contributed by atoms with Crippen LogP contribution in [0.3, 0.4) is 0 Å². The number of aromatic nitrogens is 1. The lowest BCUT2D eigenvalue weighted by Gasteiger charge is -2.29. The molecule has 2 N–H and O–H groups in total. The summed E-state index contributed by atoms with van der Waals surface area (Å²) in [5.74, 6) is 1.07. The van der Waals surface area contributed by atoms with Gasteiger partial charge in [0.2, 0.25) is 0 Å². The number of hydrogen-bond donors (Lipinski definition) is 2. The fourth-order valence-electron chi connectivity index (χ4n) is 2.00. The minimum Gasteiger partial charge on any atom is -0.380 e. The highest BCUT2D eigenvalue weighted by molar-refractivity contribution is 5.54. The van der Waals surface area contributed by atoms with Gasteiger partial charge in [-0.15, -0.1) is 0 Å². The Hall–Kier alpha value is -1.29. The van der Waals surface area contributed by atoms with E-state index in [-0.39, 0.29) is 5.54 Å². The van der Waals surface area contributed by atoms with Gasteiger partial charge in [0.25, 0.3) is 0 Å². The molecule has 1 aliphatic rings. The van der Waals surface area contributed by atoms with Gasteiger partial charge in [-0.25, -0.2) is 4.98 Å². The topological polar surface area (TPSA) is 40.2 Å². The van der Waals surface area contributed by atoms with E-state index in [1.165, 1.54) is 0 Å². The Balaban J connectivity index is 2.10. The van der Waals surface area contributed by atoms with Crippen molar-refractivity contribution in [1.29, 1.82) is 0 Å². The third-order valence-electron chi connectivity index (χ3n) is 2.71. The van der Waals surface area contributed by atoms with Crippen LogP contribution in [0.4, 0.5) is 11.5 Å². The van der Waals surface area contributed by atoms with Crippen LogP contribution in [0.2, 0.25) is 0 Å². The molecule has 1 saturated heterocycles. The second-order valence-electron chi connectivity index (χ2n) is 5.51. The van der Waals surface area contributed by atoms with E-state index in [1.807, 2.05) is 12.3 Å². The van der Waals surface area contributed by atoms with Crippen LogP contribution in [-0.2, 0) is 0 Å². The monoisotopic (exact) mass is 234 g/mol. The number of hydrogen-bond acceptors (Lipinski definition) is 4. The van der Waals surface area contributed by atoms with Crippen molar-refractivity contribution >= 4 is 11.5 Å². The van der Waals surface area contributed by atoms with E-state index in [0.29, 0.717) is 0 Å². The average Bonchev–Trinajstić information content (AvgIpc) is 2.28. The highest BCUT2D eigenvalue weighted by atomic mass is 15.2. The van der Waals surface area contributed by atoms with Crippen molar-refractivity contribution in [2.24, 2.45) is 0 Å². The quantitative estimate of drug-likeness (QED) is 0.817. The Morgan fingerprint density at radius 1 is 1.29 bits per heavy atom. The van der Waals surface area contributed by atoms with Crippen molar-refractivity contribution in [1.82, 2.24) is 10.3 Å². The molecule has 0 atom stereocenters. The number of rotatable bonds is 2. The average molecular weight is 234 g/mol. The lowest BCUT2D eigenvalue weighted by atomic mass is 10.1. The zero-order chi connectivity index (χ0) is 12.3. The third kappa shape index (κ3) is 3.60. The molecule has 1 aliphatic heterocycles. The summed E-state index contributed by atoms with van der Waals surface area (Å²) in [4.78, 5) is 6.77. The normalized spacial score (nSPS) is 17.0. The molecule has 2 heterocycles. The molecule has 0 radical (unpaired) electrons. The molecule has 2 rings (SSSR count). The lowest BCUT2D eigenvalue weighted by Crippen LogP contribution is -2.43. The first kappa shape index (κ1) is 12.2. The van der Waals surface area contributed by atoms with Gasteiger partial charge in [0.05, 0.1) is 0 Å². The van der Waals surface area contributed by atoms with Gasteiger partial charge in [0, 0.05) is 49.7 Å². The van der Waals surface area contributed by atoms with E-state index in [9.17, 15) is 0 Å². The fourth-order valence-corrected chi connectivity index (χ4v) is 2.00. The Labute approximate surface area is 103 Å². The van der Waals surface area contributed by atoms with Crippen molar-refractivity contribution in [3.8, 4) is 0 Å². The first-order valence-electron chi connectivity index (χ1n) is 6.24. The van der Waals surface area contributed by atoms with Crippen LogP contribution < -0.4 is 15.5 Å². The molecule has 1 aromatic heterocycles. The lowest BCUT2D eigenvalue weighted by molar-refractivity contribution is 0.584. The molecule has 1 fully saturated rings. The summed E-state index contributed by atoms with van der Waals surface area (Å²) in [6.07, 6.45) is 1.88. The molecule has 0 aromatic carbocycles. The van der Waals surface area contributed by atoms with Crippen LogP contribution in [0.5, 0.6) is 0 Å². The summed E-state index contributed by atoms with van der Waals surface area (Å²) in [7, 11) is 0. The van der Waals surface area contributed by atoms with E-state index in [0.717, 1.165) is 37.7 Å². The molecule has 94 valence electrons. The maximum Gasteiger partial charge on any atom is 0.130 e. The molecule has 0 aliphatic carbocycles. The smallest absolute Gasteiger partial charge is 0.130 e. The van der Waals surface area contributed by atoms with Gasteiger partial charge in [-0.2, -0.15) is 0 Å². The minimum absolute atomic E-state index is 0.0854. The van der Waals surface area contributed by atoms with Gasteiger partial charge in [-0.1, -0.05) is 0 Å². The summed E-state index contributed by atoms with van der Waals surface area (Å²) < 4.78 is 0. The standard InChI is InChI=1S/C13H22N4/c1-13(2,3)16-11-4-5-15-12(10-11)17-8-6-14-7-9-17/h4-5,10,14H,6-9H2,1-3H3,(H,15,16). The number of nitrogens with zero attached hydrogens (tertiary/aromatic N) is 2. The van der Waals surface area contributed by atoms with Crippen molar-refractivity contribution < 1.29 is 0 Å². The van der Waals surface area contributed by atoms with Crippen LogP contribution in [0.15, 0.2) is 18.3 Å². The summed E-state index contributed by atoms with van der Waals surface area (Å²) in [6, 6.07) is 4.16. The van der Waals surface area contributed by atoms with Gasteiger partial charge >= 0.3 is 0 Å². The third-order valence-corrected chi connectivity index (χ3v) is 2.71. The summed E-state index contributed by atoms with van der Waals surface area (Å²) in [5.41, 5.74) is 1.23. The number of nitrogens with one attached hydrogen (secondary N) is 2. The molecular formula is C13H22N4. The zero-order valence-electron chi connectivity index (χ0n) is 11.0. The van der Waals surface area contributed by atoms with Crippen LogP contribution in [0.25, 0.3) is 0 Å². The highest BCUT2D eigenvalue weighted by Gasteiger charge is 2.13. The second kappa shape index (κ2) is 4.92. The van der Waals surface area contributed by atoms with Crippen LogP contribution in [-0.4, -0.2) is 36.7 Å². The van der Waals surface area contributed by atoms with E-state index >= 15 is 0 Å². The summed E-state index contributed by atoms with van der Waals surface area (Å²) in [6.45, 7) is 10.6. The van der Waals surface area contributed by atoms with Crippen molar-refractivity contribution in [2.75, 3.05) is 36.4 Å². The number of piperazine rings is 1.